The van der Waals surface area contributed by atoms with Crippen molar-refractivity contribution in [2.75, 3.05) is 6.54 Å². The molecule has 10 heteroatoms. The second-order valence-electron chi connectivity index (χ2n) is 5.09. The average molecular weight is 372 g/mol. The number of nitrogens with zero attached hydrogens (tertiary/aromatic N) is 1. The highest BCUT2D eigenvalue weighted by Crippen LogP contribution is 2.25. The molecule has 1 aromatic rings. The van der Waals surface area contributed by atoms with Gasteiger partial charge < -0.3 is 15.4 Å². The molecule has 2 N–H and O–H groups in total. The van der Waals surface area contributed by atoms with E-state index in [0.29, 0.717) is 6.54 Å². The van der Waals surface area contributed by atoms with E-state index in [-0.39, 0.29) is 10.6 Å². The lowest BCUT2D eigenvalue weighted by molar-refractivity contribution is -0.384. The summed E-state index contributed by atoms with van der Waals surface area (Å²) < 4.78 is 4.95. The summed E-state index contributed by atoms with van der Waals surface area (Å²) in [6.45, 7) is 4.89. The minimum Gasteiger partial charge on any atom is -0.451 e. The van der Waals surface area contributed by atoms with E-state index in [4.69, 9.17) is 16.3 Å². The molecule has 0 aliphatic rings. The molecule has 0 radical (unpaired) electrons. The third kappa shape index (κ3) is 5.71. The molecule has 0 bridgehead atoms. The largest absolute Gasteiger partial charge is 0.451 e. The number of nitro groups is 1. The highest BCUT2D eigenvalue weighted by atomic mass is 35.5. The number of hydrogen-bond acceptors (Lipinski definition) is 6. The number of carbonyl (C=O) groups excluding carboxylic acids is 3. The van der Waals surface area contributed by atoms with E-state index in [0.717, 1.165) is 6.07 Å². The smallest absolute Gasteiger partial charge is 0.329 e. The molecule has 0 aromatic heterocycles. The monoisotopic (exact) mass is 371 g/mol. The van der Waals surface area contributed by atoms with Crippen LogP contribution in [0.3, 0.4) is 0 Å². The van der Waals surface area contributed by atoms with Crippen LogP contribution < -0.4 is 10.6 Å². The molecule has 0 heterocycles. The number of nitro benzene ring substituents is 1. The van der Waals surface area contributed by atoms with Crippen LogP contribution in [0.1, 0.15) is 31.1 Å². The summed E-state index contributed by atoms with van der Waals surface area (Å²) in [5, 5.41) is 15.6. The second kappa shape index (κ2) is 8.97. The number of benzene rings is 1. The number of carbonyl (C=O) groups is 3. The Kier molecular flexibility index (Phi) is 7.31. The van der Waals surface area contributed by atoms with Crippen LogP contribution in [0.4, 0.5) is 5.69 Å². The first kappa shape index (κ1) is 20.4. The van der Waals surface area contributed by atoms with E-state index in [2.05, 4.69) is 10.6 Å². The van der Waals surface area contributed by atoms with Gasteiger partial charge in [-0.15, -0.1) is 0 Å². The fourth-order valence-corrected chi connectivity index (χ4v) is 1.97. The third-order valence-corrected chi connectivity index (χ3v) is 3.44. The predicted molar refractivity (Wildman–Crippen MR) is 89.3 cm³/mol. The molecular weight excluding hydrogens is 354 g/mol. The van der Waals surface area contributed by atoms with Crippen LogP contribution in [0.2, 0.25) is 5.02 Å². The van der Waals surface area contributed by atoms with Gasteiger partial charge in [0.15, 0.2) is 6.10 Å². The molecule has 0 aliphatic carbocycles. The standard InChI is InChI=1S/C15H18ClN3O6/c1-4-17-13(20)9(3)25-15(22)8(2)18-14(21)10-5-6-11(16)12(7-10)19(23)24/h5-9H,4H2,1-3H3,(H,17,20)(H,18,21)/t8-,9+/m0/s1. The molecule has 0 unspecified atom stereocenters. The zero-order valence-electron chi connectivity index (χ0n) is 13.9. The molecule has 136 valence electrons. The van der Waals surface area contributed by atoms with Crippen LogP contribution in [0.25, 0.3) is 0 Å². The quantitative estimate of drug-likeness (QED) is 0.424. The van der Waals surface area contributed by atoms with E-state index >= 15 is 0 Å². The maximum Gasteiger partial charge on any atom is 0.329 e. The van der Waals surface area contributed by atoms with E-state index in [1.807, 2.05) is 0 Å². The summed E-state index contributed by atoms with van der Waals surface area (Å²) >= 11 is 5.68. The highest BCUT2D eigenvalue weighted by Gasteiger charge is 2.24. The topological polar surface area (TPSA) is 128 Å². The summed E-state index contributed by atoms with van der Waals surface area (Å²) in [6.07, 6.45) is -1.01. The normalized spacial score (nSPS) is 12.6. The second-order valence-corrected chi connectivity index (χ2v) is 5.50. The third-order valence-electron chi connectivity index (χ3n) is 3.12. The molecule has 0 saturated carbocycles. The lowest BCUT2D eigenvalue weighted by atomic mass is 10.1. The Morgan fingerprint density at radius 1 is 1.32 bits per heavy atom. The molecule has 25 heavy (non-hydrogen) atoms. The van der Waals surface area contributed by atoms with Crippen LogP contribution in [0.5, 0.6) is 0 Å². The molecule has 9 nitrogen and oxygen atoms in total. The van der Waals surface area contributed by atoms with Crippen molar-refractivity contribution in [2.45, 2.75) is 32.9 Å². The van der Waals surface area contributed by atoms with Crippen LogP contribution in [0.15, 0.2) is 18.2 Å². The van der Waals surface area contributed by atoms with Crippen molar-refractivity contribution in [3.63, 3.8) is 0 Å². The van der Waals surface area contributed by atoms with Crippen molar-refractivity contribution < 1.29 is 24.0 Å². The zero-order chi connectivity index (χ0) is 19.1. The fourth-order valence-electron chi connectivity index (χ4n) is 1.78. The lowest BCUT2D eigenvalue weighted by Crippen LogP contribution is -2.43. The van der Waals surface area contributed by atoms with Crippen molar-refractivity contribution in [1.29, 1.82) is 0 Å². The van der Waals surface area contributed by atoms with Gasteiger partial charge in [-0.05, 0) is 32.9 Å². The summed E-state index contributed by atoms with van der Waals surface area (Å²) in [5.74, 6) is -1.98. The Labute approximate surface area is 148 Å². The summed E-state index contributed by atoms with van der Waals surface area (Å²) in [6, 6.07) is 2.46. The van der Waals surface area contributed by atoms with Gasteiger partial charge in [-0.25, -0.2) is 4.79 Å². The van der Waals surface area contributed by atoms with Gasteiger partial charge in [-0.2, -0.15) is 0 Å². The Balaban J connectivity index is 2.73. The predicted octanol–water partition coefficient (Wildman–Crippen LogP) is 1.43. The van der Waals surface area contributed by atoms with E-state index in [9.17, 15) is 24.5 Å². The SMILES string of the molecule is CCNC(=O)[C@@H](C)OC(=O)[C@H](C)NC(=O)c1ccc(Cl)c([N+](=O)[O-])c1. The number of nitrogens with one attached hydrogen (secondary N) is 2. The van der Waals surface area contributed by atoms with Gasteiger partial charge in [0.1, 0.15) is 11.1 Å². The van der Waals surface area contributed by atoms with Crippen molar-refractivity contribution in [3.05, 3.63) is 38.9 Å². The Bertz CT molecular complexity index is 694. The molecule has 1 rings (SSSR count). The molecule has 2 amide bonds. The maximum atomic E-state index is 12.1. The lowest BCUT2D eigenvalue weighted by Gasteiger charge is -2.17. The van der Waals surface area contributed by atoms with Gasteiger partial charge in [-0.1, -0.05) is 11.6 Å². The van der Waals surface area contributed by atoms with Gasteiger partial charge in [0, 0.05) is 18.2 Å². The summed E-state index contributed by atoms with van der Waals surface area (Å²) in [7, 11) is 0. The first-order valence-corrected chi connectivity index (χ1v) is 7.78. The molecule has 1 aromatic carbocycles. The summed E-state index contributed by atoms with van der Waals surface area (Å²) in [4.78, 5) is 45.7. The molecule has 0 aliphatic heterocycles. The Morgan fingerprint density at radius 3 is 2.52 bits per heavy atom. The van der Waals surface area contributed by atoms with Gasteiger partial charge in [0.2, 0.25) is 0 Å². The molecular formula is C15H18ClN3O6. The van der Waals surface area contributed by atoms with Crippen molar-refractivity contribution >= 4 is 35.1 Å². The number of likely N-dealkylation sites (N-methyl/N-ethyl adjacent to an activating group) is 1. The van der Waals surface area contributed by atoms with Crippen LogP contribution >= 0.6 is 11.6 Å². The van der Waals surface area contributed by atoms with Crippen molar-refractivity contribution in [1.82, 2.24) is 10.6 Å². The zero-order valence-corrected chi connectivity index (χ0v) is 14.6. The minimum absolute atomic E-state index is 0.0347. The average Bonchev–Trinajstić information content (AvgIpc) is 2.54. The number of ether oxygens (including phenoxy) is 1. The Hall–Kier alpha value is -2.68. The van der Waals surface area contributed by atoms with Gasteiger partial charge in [0.25, 0.3) is 17.5 Å². The molecule has 0 spiro atoms. The number of hydrogen-bond donors (Lipinski definition) is 2. The van der Waals surface area contributed by atoms with Crippen molar-refractivity contribution in [2.24, 2.45) is 0 Å². The summed E-state index contributed by atoms with van der Waals surface area (Å²) in [5.41, 5.74) is -0.457. The number of amides is 2. The minimum atomic E-state index is -1.06. The first-order chi connectivity index (χ1) is 11.7. The van der Waals surface area contributed by atoms with Crippen LogP contribution in [-0.4, -0.2) is 41.4 Å². The van der Waals surface area contributed by atoms with Crippen LogP contribution in [0, 0.1) is 10.1 Å². The molecule has 0 fully saturated rings. The van der Waals surface area contributed by atoms with E-state index in [1.165, 1.54) is 26.0 Å². The number of rotatable bonds is 7. The van der Waals surface area contributed by atoms with Crippen molar-refractivity contribution in [3.8, 4) is 0 Å². The fraction of sp³-hybridized carbons (Fsp3) is 0.400. The first-order valence-electron chi connectivity index (χ1n) is 7.40. The maximum absolute atomic E-state index is 12.1. The van der Waals surface area contributed by atoms with Gasteiger partial charge in [-0.3, -0.25) is 19.7 Å². The van der Waals surface area contributed by atoms with Gasteiger partial charge in [0.05, 0.1) is 4.92 Å². The number of halogens is 1. The van der Waals surface area contributed by atoms with Gasteiger partial charge >= 0.3 is 5.97 Å². The number of esters is 1. The van der Waals surface area contributed by atoms with E-state index in [1.54, 1.807) is 6.92 Å². The Morgan fingerprint density at radius 2 is 1.96 bits per heavy atom. The van der Waals surface area contributed by atoms with E-state index < -0.39 is 40.5 Å². The van der Waals surface area contributed by atoms with Crippen LogP contribution in [-0.2, 0) is 14.3 Å². The highest BCUT2D eigenvalue weighted by molar-refractivity contribution is 6.32. The molecule has 0 saturated heterocycles. The molecule has 2 atom stereocenters.